The van der Waals surface area contributed by atoms with Crippen LogP contribution in [0.1, 0.15) is 48.5 Å². The van der Waals surface area contributed by atoms with Crippen LogP contribution < -0.4 is 5.73 Å². The van der Waals surface area contributed by atoms with Gasteiger partial charge in [-0.2, -0.15) is 0 Å². The maximum atomic E-state index is 12.8. The van der Waals surface area contributed by atoms with Crippen LogP contribution in [0.4, 0.5) is 0 Å². The molecule has 0 radical (unpaired) electrons. The van der Waals surface area contributed by atoms with Gasteiger partial charge in [-0.25, -0.2) is 0 Å². The highest BCUT2D eigenvalue weighted by molar-refractivity contribution is 6.01. The molecule has 0 amide bonds. The van der Waals surface area contributed by atoms with E-state index in [2.05, 4.69) is 6.92 Å². The SMILES string of the molecule is Cc1ccccc1C(=O)C1(CN)CCC(C)CC1. The Morgan fingerprint density at radius 2 is 1.94 bits per heavy atom. The number of ketones is 1. The van der Waals surface area contributed by atoms with Gasteiger partial charge in [0, 0.05) is 17.5 Å². The normalized spacial score (nSPS) is 28.1. The average Bonchev–Trinajstić information content (AvgIpc) is 2.40. The monoisotopic (exact) mass is 245 g/mol. The number of hydrogen-bond donors (Lipinski definition) is 1. The number of rotatable bonds is 3. The van der Waals surface area contributed by atoms with Gasteiger partial charge in [0.1, 0.15) is 0 Å². The molecule has 2 nitrogen and oxygen atoms in total. The highest BCUT2D eigenvalue weighted by Gasteiger charge is 2.40. The molecule has 2 heteroatoms. The van der Waals surface area contributed by atoms with Gasteiger partial charge < -0.3 is 5.73 Å². The highest BCUT2D eigenvalue weighted by Crippen LogP contribution is 2.40. The van der Waals surface area contributed by atoms with Gasteiger partial charge in [0.15, 0.2) is 5.78 Å². The quantitative estimate of drug-likeness (QED) is 0.830. The molecule has 1 saturated carbocycles. The number of carbonyl (C=O) groups excluding carboxylic acids is 1. The Morgan fingerprint density at radius 3 is 2.50 bits per heavy atom. The van der Waals surface area contributed by atoms with E-state index in [-0.39, 0.29) is 11.2 Å². The zero-order chi connectivity index (χ0) is 13.2. The first-order valence-corrected chi connectivity index (χ1v) is 6.89. The molecule has 1 aliphatic rings. The first kappa shape index (κ1) is 13.3. The predicted octanol–water partition coefficient (Wildman–Crippen LogP) is 3.33. The van der Waals surface area contributed by atoms with Crippen molar-refractivity contribution in [1.82, 2.24) is 0 Å². The van der Waals surface area contributed by atoms with E-state index >= 15 is 0 Å². The minimum Gasteiger partial charge on any atom is -0.329 e. The topological polar surface area (TPSA) is 43.1 Å². The maximum Gasteiger partial charge on any atom is 0.170 e. The van der Waals surface area contributed by atoms with E-state index in [9.17, 15) is 4.79 Å². The number of nitrogens with two attached hydrogens (primary N) is 1. The van der Waals surface area contributed by atoms with Gasteiger partial charge in [-0.3, -0.25) is 4.79 Å². The number of aryl methyl sites for hydroxylation is 1. The third kappa shape index (κ3) is 2.35. The summed E-state index contributed by atoms with van der Waals surface area (Å²) in [6, 6.07) is 7.86. The minimum atomic E-state index is -0.307. The van der Waals surface area contributed by atoms with Crippen LogP contribution >= 0.6 is 0 Å². The lowest BCUT2D eigenvalue weighted by atomic mass is 9.66. The molecular weight excluding hydrogens is 222 g/mol. The summed E-state index contributed by atoms with van der Waals surface area (Å²) in [5, 5.41) is 0. The summed E-state index contributed by atoms with van der Waals surface area (Å²) in [5.74, 6) is 0.990. The minimum absolute atomic E-state index is 0.259. The van der Waals surface area contributed by atoms with Gasteiger partial charge in [0.2, 0.25) is 0 Å². The van der Waals surface area contributed by atoms with Crippen LogP contribution in [0.25, 0.3) is 0 Å². The molecular formula is C16H23NO. The summed E-state index contributed by atoms with van der Waals surface area (Å²) in [6.45, 7) is 4.74. The molecule has 18 heavy (non-hydrogen) atoms. The van der Waals surface area contributed by atoms with Crippen LogP contribution in [0.15, 0.2) is 24.3 Å². The molecule has 1 fully saturated rings. The molecule has 0 unspecified atom stereocenters. The smallest absolute Gasteiger partial charge is 0.170 e. The fraction of sp³-hybridized carbons (Fsp3) is 0.562. The Kier molecular flexibility index (Phi) is 3.86. The Balaban J connectivity index is 2.28. The van der Waals surface area contributed by atoms with Crippen LogP contribution in [0.2, 0.25) is 0 Å². The Labute approximate surface area is 110 Å². The van der Waals surface area contributed by atoms with Crippen molar-refractivity contribution in [3.63, 3.8) is 0 Å². The second kappa shape index (κ2) is 5.23. The van der Waals surface area contributed by atoms with E-state index in [4.69, 9.17) is 5.73 Å². The van der Waals surface area contributed by atoms with Gasteiger partial charge in [-0.15, -0.1) is 0 Å². The van der Waals surface area contributed by atoms with Crippen LogP contribution in [0.5, 0.6) is 0 Å². The number of carbonyl (C=O) groups is 1. The fourth-order valence-electron chi connectivity index (χ4n) is 2.95. The molecule has 0 spiro atoms. The number of benzene rings is 1. The summed E-state index contributed by atoms with van der Waals surface area (Å²) in [6.07, 6.45) is 4.12. The standard InChI is InChI=1S/C16H23NO/c1-12-7-9-16(11-17,10-8-12)15(18)14-6-4-3-5-13(14)2/h3-6,12H,7-11,17H2,1-2H3. The van der Waals surface area contributed by atoms with Crippen molar-refractivity contribution in [2.45, 2.75) is 39.5 Å². The molecule has 0 aliphatic heterocycles. The molecule has 0 bridgehead atoms. The molecule has 1 aliphatic carbocycles. The fourth-order valence-corrected chi connectivity index (χ4v) is 2.95. The van der Waals surface area contributed by atoms with Crippen molar-refractivity contribution >= 4 is 5.78 Å². The van der Waals surface area contributed by atoms with Crippen LogP contribution in [0, 0.1) is 18.3 Å². The van der Waals surface area contributed by atoms with Crippen molar-refractivity contribution in [3.8, 4) is 0 Å². The van der Waals surface area contributed by atoms with Crippen molar-refractivity contribution in [2.75, 3.05) is 6.54 Å². The first-order chi connectivity index (χ1) is 8.59. The van der Waals surface area contributed by atoms with Gasteiger partial charge in [-0.05, 0) is 44.1 Å². The summed E-state index contributed by atoms with van der Waals surface area (Å²) in [4.78, 5) is 12.8. The number of Topliss-reactive ketones (excluding diaryl/α,β-unsaturated/α-hetero) is 1. The highest BCUT2D eigenvalue weighted by atomic mass is 16.1. The van der Waals surface area contributed by atoms with Crippen LogP contribution in [-0.4, -0.2) is 12.3 Å². The summed E-state index contributed by atoms with van der Waals surface area (Å²) in [5.41, 5.74) is 7.57. The Morgan fingerprint density at radius 1 is 1.33 bits per heavy atom. The first-order valence-electron chi connectivity index (χ1n) is 6.89. The van der Waals surface area contributed by atoms with Gasteiger partial charge in [0.05, 0.1) is 0 Å². The summed E-state index contributed by atoms with van der Waals surface area (Å²) >= 11 is 0. The molecule has 0 atom stereocenters. The third-order valence-electron chi connectivity index (χ3n) is 4.49. The van der Waals surface area contributed by atoms with Gasteiger partial charge >= 0.3 is 0 Å². The van der Waals surface area contributed by atoms with E-state index in [1.165, 1.54) is 0 Å². The van der Waals surface area contributed by atoms with E-state index in [1.807, 2.05) is 31.2 Å². The summed E-state index contributed by atoms with van der Waals surface area (Å²) < 4.78 is 0. The predicted molar refractivity (Wildman–Crippen MR) is 74.6 cm³/mol. The van der Waals surface area contributed by atoms with Crippen molar-refractivity contribution in [1.29, 1.82) is 0 Å². The molecule has 98 valence electrons. The Bertz CT molecular complexity index is 430. The molecule has 0 aromatic heterocycles. The van der Waals surface area contributed by atoms with Crippen LogP contribution in [0.3, 0.4) is 0 Å². The van der Waals surface area contributed by atoms with Gasteiger partial charge in [-0.1, -0.05) is 31.2 Å². The lowest BCUT2D eigenvalue weighted by molar-refractivity contribution is 0.0694. The molecule has 0 heterocycles. The van der Waals surface area contributed by atoms with E-state index in [0.717, 1.165) is 42.7 Å². The second-order valence-corrected chi connectivity index (χ2v) is 5.81. The molecule has 1 aromatic carbocycles. The summed E-state index contributed by atoms with van der Waals surface area (Å²) in [7, 11) is 0. The third-order valence-corrected chi connectivity index (χ3v) is 4.49. The zero-order valence-electron chi connectivity index (χ0n) is 11.4. The van der Waals surface area contributed by atoms with Crippen LogP contribution in [-0.2, 0) is 0 Å². The van der Waals surface area contributed by atoms with Crippen molar-refractivity contribution in [3.05, 3.63) is 35.4 Å². The zero-order valence-corrected chi connectivity index (χ0v) is 11.4. The average molecular weight is 245 g/mol. The largest absolute Gasteiger partial charge is 0.329 e. The van der Waals surface area contributed by atoms with Crippen molar-refractivity contribution in [2.24, 2.45) is 17.1 Å². The van der Waals surface area contributed by atoms with Crippen molar-refractivity contribution < 1.29 is 4.79 Å². The second-order valence-electron chi connectivity index (χ2n) is 5.81. The lowest BCUT2D eigenvalue weighted by Crippen LogP contribution is -2.41. The molecule has 2 rings (SSSR count). The lowest BCUT2D eigenvalue weighted by Gasteiger charge is -2.37. The van der Waals surface area contributed by atoms with E-state index in [1.54, 1.807) is 0 Å². The van der Waals surface area contributed by atoms with Gasteiger partial charge in [0.25, 0.3) is 0 Å². The molecule has 1 aromatic rings. The Hall–Kier alpha value is -1.15. The van der Waals surface area contributed by atoms with E-state index < -0.39 is 0 Å². The van der Waals surface area contributed by atoms with E-state index in [0.29, 0.717) is 6.54 Å². The number of hydrogen-bond acceptors (Lipinski definition) is 2. The maximum absolute atomic E-state index is 12.8. The molecule has 2 N–H and O–H groups in total. The molecule has 0 saturated heterocycles.